The zero-order chi connectivity index (χ0) is 59.2. The Bertz CT molecular complexity index is 1500. The van der Waals surface area contributed by atoms with E-state index in [1.165, 1.54) is 257 Å². The van der Waals surface area contributed by atoms with Gasteiger partial charge in [-0.05, 0) is 77.0 Å². The number of unbranched alkanes of at least 4 members (excludes halogenated alkanes) is 43. The summed E-state index contributed by atoms with van der Waals surface area (Å²) in [6.07, 6.45) is 92.5. The molecule has 6 nitrogen and oxygen atoms in total. The fraction of sp³-hybridized carbons (Fsp3) is 0.803. The van der Waals surface area contributed by atoms with Gasteiger partial charge in [-0.2, -0.15) is 0 Å². The van der Waals surface area contributed by atoms with E-state index in [-0.39, 0.29) is 37.5 Å². The van der Waals surface area contributed by atoms with E-state index in [4.69, 9.17) is 14.2 Å². The molecule has 0 aliphatic rings. The number of rotatable bonds is 66. The fourth-order valence-electron chi connectivity index (χ4n) is 10.6. The summed E-state index contributed by atoms with van der Waals surface area (Å²) in [4.78, 5) is 38.4. The van der Waals surface area contributed by atoms with Gasteiger partial charge in [0, 0.05) is 19.3 Å². The van der Waals surface area contributed by atoms with Crippen LogP contribution in [0.4, 0.5) is 0 Å². The fourth-order valence-corrected chi connectivity index (χ4v) is 10.6. The predicted octanol–water partition coefficient (Wildman–Crippen LogP) is 24.8. The van der Waals surface area contributed by atoms with Gasteiger partial charge in [0.15, 0.2) is 6.10 Å². The van der Waals surface area contributed by atoms with Crippen LogP contribution in [0.3, 0.4) is 0 Å². The summed E-state index contributed by atoms with van der Waals surface area (Å²) in [5.74, 6) is -0.955. The average Bonchev–Trinajstić information content (AvgIpc) is 3.48. The SMILES string of the molecule is CC/C=C\C/C=C\C/C=C\C/C=C\CCC(=O)OCC(COC(=O)CCCCCCCCCCCCCCCCCCC/C=C\C/C=C\CCCCCCC)OC(=O)CCCCCCCCCCCCCCCCCCCCCCCC. The van der Waals surface area contributed by atoms with Crippen LogP contribution in [-0.4, -0.2) is 37.2 Å². The summed E-state index contributed by atoms with van der Waals surface area (Å²) in [5, 5.41) is 0. The van der Waals surface area contributed by atoms with E-state index in [1.54, 1.807) is 0 Å². The zero-order valence-corrected chi connectivity index (χ0v) is 54.8. The Morgan fingerprint density at radius 2 is 0.500 bits per heavy atom. The Balaban J connectivity index is 4.23. The summed E-state index contributed by atoms with van der Waals surface area (Å²) in [5.41, 5.74) is 0. The van der Waals surface area contributed by atoms with Crippen molar-refractivity contribution in [1.82, 2.24) is 0 Å². The average molecular weight is 1150 g/mol. The highest BCUT2D eigenvalue weighted by atomic mass is 16.6. The Morgan fingerprint density at radius 1 is 0.256 bits per heavy atom. The quantitative estimate of drug-likeness (QED) is 0.0261. The molecule has 1 unspecified atom stereocenters. The van der Waals surface area contributed by atoms with Gasteiger partial charge < -0.3 is 14.2 Å². The smallest absolute Gasteiger partial charge is 0.306 e. The maximum absolute atomic E-state index is 12.9. The molecule has 1 atom stereocenters. The maximum atomic E-state index is 12.9. The number of ether oxygens (including phenoxy) is 3. The van der Waals surface area contributed by atoms with Crippen LogP contribution in [0, 0.1) is 0 Å². The van der Waals surface area contributed by atoms with Gasteiger partial charge in [-0.25, -0.2) is 0 Å². The van der Waals surface area contributed by atoms with Gasteiger partial charge in [0.25, 0.3) is 0 Å². The molecule has 0 aromatic carbocycles. The van der Waals surface area contributed by atoms with Gasteiger partial charge >= 0.3 is 17.9 Å². The van der Waals surface area contributed by atoms with Gasteiger partial charge in [0.05, 0.1) is 0 Å². The molecule has 82 heavy (non-hydrogen) atoms. The van der Waals surface area contributed by atoms with Crippen LogP contribution in [0.25, 0.3) is 0 Å². The Kier molecular flexibility index (Phi) is 67.6. The van der Waals surface area contributed by atoms with E-state index >= 15 is 0 Å². The van der Waals surface area contributed by atoms with Crippen LogP contribution >= 0.6 is 0 Å². The molecule has 0 aliphatic heterocycles. The van der Waals surface area contributed by atoms with Crippen molar-refractivity contribution in [3.63, 3.8) is 0 Å². The molecule has 0 N–H and O–H groups in total. The van der Waals surface area contributed by atoms with Crippen molar-refractivity contribution in [2.45, 2.75) is 380 Å². The molecule has 476 valence electrons. The van der Waals surface area contributed by atoms with E-state index in [0.717, 1.165) is 70.6 Å². The van der Waals surface area contributed by atoms with Gasteiger partial charge in [-0.15, -0.1) is 0 Å². The van der Waals surface area contributed by atoms with Crippen LogP contribution in [0.15, 0.2) is 72.9 Å². The second kappa shape index (κ2) is 70.3. The number of hydrogen-bond donors (Lipinski definition) is 0. The van der Waals surface area contributed by atoms with Crippen molar-refractivity contribution in [2.75, 3.05) is 13.2 Å². The number of hydrogen-bond acceptors (Lipinski definition) is 6. The highest BCUT2D eigenvalue weighted by molar-refractivity contribution is 5.71. The molecule has 0 radical (unpaired) electrons. The molecule has 0 spiro atoms. The van der Waals surface area contributed by atoms with Gasteiger partial charge in [0.1, 0.15) is 13.2 Å². The third kappa shape index (κ3) is 67.6. The summed E-state index contributed by atoms with van der Waals surface area (Å²) < 4.78 is 16.9. The lowest BCUT2D eigenvalue weighted by Gasteiger charge is -2.18. The van der Waals surface area contributed by atoms with Crippen molar-refractivity contribution >= 4 is 17.9 Å². The number of carbonyl (C=O) groups excluding carboxylic acids is 3. The van der Waals surface area contributed by atoms with E-state index in [2.05, 4.69) is 87.6 Å². The molecule has 0 saturated heterocycles. The standard InChI is InChI=1S/C76H136O6/c1-4-7-10-13-16-19-22-25-27-29-31-33-35-36-37-38-39-40-41-43-44-46-48-51-54-57-60-63-66-69-75(78)81-72-73(71-80-74(77)68-65-62-59-56-53-50-24-21-18-15-12-9-6-3)82-76(79)70-67-64-61-58-55-52-49-47-45-42-34-32-30-28-26-23-20-17-14-11-8-5-2/h9,12,18,21-22,25,29,31,50,53,59,62,73H,4-8,10-11,13-17,19-20,23-24,26-28,30,32-49,51-52,54-58,60-61,63-72H2,1-3H3/b12-9-,21-18-,25-22-,31-29-,53-50-,62-59-. The van der Waals surface area contributed by atoms with Crippen molar-refractivity contribution in [2.24, 2.45) is 0 Å². The minimum Gasteiger partial charge on any atom is -0.462 e. The zero-order valence-electron chi connectivity index (χ0n) is 54.8. The second-order valence-electron chi connectivity index (χ2n) is 24.1. The highest BCUT2D eigenvalue weighted by Gasteiger charge is 2.19. The van der Waals surface area contributed by atoms with E-state index in [9.17, 15) is 14.4 Å². The summed E-state index contributed by atoms with van der Waals surface area (Å²) >= 11 is 0. The largest absolute Gasteiger partial charge is 0.462 e. The first-order valence-corrected chi connectivity index (χ1v) is 35.9. The van der Waals surface area contributed by atoms with Crippen LogP contribution in [0.1, 0.15) is 374 Å². The molecule has 0 rings (SSSR count). The van der Waals surface area contributed by atoms with Crippen molar-refractivity contribution in [3.05, 3.63) is 72.9 Å². The molecule has 0 amide bonds. The third-order valence-corrected chi connectivity index (χ3v) is 16.0. The number of allylic oxidation sites excluding steroid dienone is 12. The minimum absolute atomic E-state index is 0.0929. The first kappa shape index (κ1) is 78.8. The molecule has 0 saturated carbocycles. The van der Waals surface area contributed by atoms with Gasteiger partial charge in [-0.1, -0.05) is 351 Å². The van der Waals surface area contributed by atoms with E-state index < -0.39 is 6.10 Å². The topological polar surface area (TPSA) is 78.9 Å². The number of esters is 3. The summed E-state index contributed by atoms with van der Waals surface area (Å²) in [6, 6.07) is 0. The van der Waals surface area contributed by atoms with Crippen LogP contribution in [0.5, 0.6) is 0 Å². The normalized spacial score (nSPS) is 12.5. The lowest BCUT2D eigenvalue weighted by atomic mass is 10.0. The first-order chi connectivity index (χ1) is 40.5. The van der Waals surface area contributed by atoms with Crippen LogP contribution in [0.2, 0.25) is 0 Å². The molecule has 0 aromatic heterocycles. The first-order valence-electron chi connectivity index (χ1n) is 35.9. The third-order valence-electron chi connectivity index (χ3n) is 16.0. The molecule has 0 heterocycles. The van der Waals surface area contributed by atoms with Crippen LogP contribution in [-0.2, 0) is 28.6 Å². The molecule has 0 bridgehead atoms. The minimum atomic E-state index is -0.803. The molecular weight excluding hydrogens is 1010 g/mol. The summed E-state index contributed by atoms with van der Waals surface area (Å²) in [7, 11) is 0. The maximum Gasteiger partial charge on any atom is 0.306 e. The Hall–Kier alpha value is -3.15. The van der Waals surface area contributed by atoms with Gasteiger partial charge in [-0.3, -0.25) is 14.4 Å². The van der Waals surface area contributed by atoms with Gasteiger partial charge in [0.2, 0.25) is 0 Å². The number of carbonyl (C=O) groups is 3. The lowest BCUT2D eigenvalue weighted by Crippen LogP contribution is -2.30. The second-order valence-corrected chi connectivity index (χ2v) is 24.1. The monoisotopic (exact) mass is 1150 g/mol. The van der Waals surface area contributed by atoms with Crippen molar-refractivity contribution in [3.8, 4) is 0 Å². The molecule has 0 fully saturated rings. The predicted molar refractivity (Wildman–Crippen MR) is 358 cm³/mol. The van der Waals surface area contributed by atoms with E-state index in [0.29, 0.717) is 19.3 Å². The molecule has 6 heteroatoms. The molecule has 0 aromatic rings. The Morgan fingerprint density at radius 3 is 0.817 bits per heavy atom. The molecule has 0 aliphatic carbocycles. The lowest BCUT2D eigenvalue weighted by molar-refractivity contribution is -0.166. The van der Waals surface area contributed by atoms with Crippen molar-refractivity contribution in [1.29, 1.82) is 0 Å². The van der Waals surface area contributed by atoms with Crippen LogP contribution < -0.4 is 0 Å². The summed E-state index contributed by atoms with van der Waals surface area (Å²) in [6.45, 7) is 6.51. The van der Waals surface area contributed by atoms with Crippen molar-refractivity contribution < 1.29 is 28.6 Å². The molecular formula is C76H136O6. The highest BCUT2D eigenvalue weighted by Crippen LogP contribution is 2.18. The van der Waals surface area contributed by atoms with E-state index in [1.807, 2.05) is 6.08 Å². The Labute approximate surface area is 510 Å².